The molecule has 1 aliphatic rings. The second-order valence-corrected chi connectivity index (χ2v) is 7.40. The lowest BCUT2D eigenvalue weighted by molar-refractivity contribution is -0.135. The Bertz CT molecular complexity index is 537. The SMILES string of the molecule is Cc1ccccc1[C@@H](C(=O)N(C)CCN(C)C1CCCC1)N(C)C. The highest BCUT2D eigenvalue weighted by Gasteiger charge is 2.27. The number of amides is 1. The molecule has 1 atom stereocenters. The van der Waals surface area contributed by atoms with Gasteiger partial charge in [-0.1, -0.05) is 37.1 Å². The second kappa shape index (κ2) is 8.63. The van der Waals surface area contributed by atoms with E-state index in [1.54, 1.807) is 0 Å². The lowest BCUT2D eigenvalue weighted by atomic mass is 9.99. The molecule has 0 heterocycles. The third-order valence-corrected chi connectivity index (χ3v) is 5.35. The van der Waals surface area contributed by atoms with Gasteiger partial charge >= 0.3 is 0 Å². The van der Waals surface area contributed by atoms with Crippen LogP contribution in [0, 0.1) is 6.92 Å². The molecule has 0 aliphatic heterocycles. The van der Waals surface area contributed by atoms with Gasteiger partial charge in [-0.15, -0.1) is 0 Å². The summed E-state index contributed by atoms with van der Waals surface area (Å²) in [4.78, 5) is 19.4. The topological polar surface area (TPSA) is 26.8 Å². The van der Waals surface area contributed by atoms with E-state index in [0.717, 1.165) is 18.7 Å². The molecule has 24 heavy (non-hydrogen) atoms. The first-order chi connectivity index (χ1) is 11.4. The van der Waals surface area contributed by atoms with Crippen molar-refractivity contribution in [2.24, 2.45) is 0 Å². The van der Waals surface area contributed by atoms with Crippen LogP contribution in [0.1, 0.15) is 42.9 Å². The Morgan fingerprint density at radius 3 is 2.29 bits per heavy atom. The zero-order valence-corrected chi connectivity index (χ0v) is 16.0. The maximum atomic E-state index is 13.0. The zero-order valence-electron chi connectivity index (χ0n) is 16.0. The molecule has 1 aliphatic carbocycles. The standard InChI is InChI=1S/C20H33N3O/c1-16-10-6-9-13-18(16)19(21(2)3)20(24)23(5)15-14-22(4)17-11-7-8-12-17/h6,9-10,13,17,19H,7-8,11-12,14-15H2,1-5H3/t19-/m0/s1. The molecule has 1 amide bonds. The summed E-state index contributed by atoms with van der Waals surface area (Å²) < 4.78 is 0. The number of carbonyl (C=O) groups is 1. The third kappa shape index (κ3) is 4.58. The zero-order chi connectivity index (χ0) is 17.7. The van der Waals surface area contributed by atoms with E-state index in [0.29, 0.717) is 6.04 Å². The van der Waals surface area contributed by atoms with Gasteiger partial charge in [0.1, 0.15) is 6.04 Å². The van der Waals surface area contributed by atoms with Crippen LogP contribution < -0.4 is 0 Å². The smallest absolute Gasteiger partial charge is 0.244 e. The number of carbonyl (C=O) groups excluding carboxylic acids is 1. The average molecular weight is 332 g/mol. The second-order valence-electron chi connectivity index (χ2n) is 7.40. The van der Waals surface area contributed by atoms with Gasteiger partial charge in [0.2, 0.25) is 5.91 Å². The summed E-state index contributed by atoms with van der Waals surface area (Å²) in [6.45, 7) is 3.80. The van der Waals surface area contributed by atoms with Crippen LogP contribution in [0.2, 0.25) is 0 Å². The van der Waals surface area contributed by atoms with Crippen molar-refractivity contribution in [1.29, 1.82) is 0 Å². The van der Waals surface area contributed by atoms with Crippen LogP contribution in [0.3, 0.4) is 0 Å². The van der Waals surface area contributed by atoms with Crippen LogP contribution >= 0.6 is 0 Å². The molecule has 1 aromatic rings. The van der Waals surface area contributed by atoms with Crippen molar-refractivity contribution >= 4 is 5.91 Å². The number of aryl methyl sites for hydroxylation is 1. The van der Waals surface area contributed by atoms with Gasteiger partial charge in [0.15, 0.2) is 0 Å². The number of hydrogen-bond acceptors (Lipinski definition) is 3. The Balaban J connectivity index is 2.00. The van der Waals surface area contributed by atoms with Crippen molar-refractivity contribution in [2.75, 3.05) is 41.3 Å². The number of likely N-dealkylation sites (N-methyl/N-ethyl adjacent to an activating group) is 3. The molecule has 4 heteroatoms. The Hall–Kier alpha value is -1.39. The average Bonchev–Trinajstić information content (AvgIpc) is 3.08. The molecule has 1 saturated carbocycles. The fraction of sp³-hybridized carbons (Fsp3) is 0.650. The summed E-state index contributed by atoms with van der Waals surface area (Å²) in [5.41, 5.74) is 2.27. The maximum absolute atomic E-state index is 13.0. The van der Waals surface area contributed by atoms with E-state index in [1.165, 1.54) is 31.2 Å². The van der Waals surface area contributed by atoms with Gasteiger partial charge in [0.05, 0.1) is 0 Å². The van der Waals surface area contributed by atoms with E-state index in [-0.39, 0.29) is 11.9 Å². The first-order valence-corrected chi connectivity index (χ1v) is 9.09. The van der Waals surface area contributed by atoms with Crippen molar-refractivity contribution in [1.82, 2.24) is 14.7 Å². The minimum absolute atomic E-state index is 0.175. The summed E-state index contributed by atoms with van der Waals surface area (Å²) in [6.07, 6.45) is 5.30. The van der Waals surface area contributed by atoms with Gasteiger partial charge in [0.25, 0.3) is 0 Å². The van der Waals surface area contributed by atoms with Crippen molar-refractivity contribution in [3.8, 4) is 0 Å². The molecular weight excluding hydrogens is 298 g/mol. The van der Waals surface area contributed by atoms with Crippen LogP contribution in [-0.2, 0) is 4.79 Å². The number of rotatable bonds is 7. The summed E-state index contributed by atoms with van der Waals surface area (Å²) in [5, 5.41) is 0. The Morgan fingerprint density at radius 2 is 1.71 bits per heavy atom. The molecule has 0 bridgehead atoms. The number of nitrogens with zero attached hydrogens (tertiary/aromatic N) is 3. The van der Waals surface area contributed by atoms with E-state index in [9.17, 15) is 4.79 Å². The van der Waals surface area contributed by atoms with Crippen molar-refractivity contribution in [2.45, 2.75) is 44.7 Å². The van der Waals surface area contributed by atoms with Gasteiger partial charge in [-0.25, -0.2) is 0 Å². The van der Waals surface area contributed by atoms with Crippen molar-refractivity contribution in [3.05, 3.63) is 35.4 Å². The molecule has 4 nitrogen and oxygen atoms in total. The molecule has 1 fully saturated rings. The number of hydrogen-bond donors (Lipinski definition) is 0. The van der Waals surface area contributed by atoms with Crippen molar-refractivity contribution < 1.29 is 4.79 Å². The van der Waals surface area contributed by atoms with Crippen LogP contribution in [-0.4, -0.2) is 67.9 Å². The van der Waals surface area contributed by atoms with Crippen LogP contribution in [0.25, 0.3) is 0 Å². The first-order valence-electron chi connectivity index (χ1n) is 9.09. The quantitative estimate of drug-likeness (QED) is 0.768. The van der Waals surface area contributed by atoms with Crippen molar-refractivity contribution in [3.63, 3.8) is 0 Å². The van der Waals surface area contributed by atoms with E-state index in [4.69, 9.17) is 0 Å². The van der Waals surface area contributed by atoms with E-state index in [1.807, 2.05) is 43.1 Å². The lowest BCUT2D eigenvalue weighted by Crippen LogP contribution is -2.43. The van der Waals surface area contributed by atoms with Crippen LogP contribution in [0.15, 0.2) is 24.3 Å². The molecule has 1 aromatic carbocycles. The summed E-state index contributed by atoms with van der Waals surface area (Å²) >= 11 is 0. The minimum Gasteiger partial charge on any atom is -0.343 e. The molecule has 134 valence electrons. The van der Waals surface area contributed by atoms with Crippen LogP contribution in [0.5, 0.6) is 0 Å². The molecule has 0 aromatic heterocycles. The normalized spacial score (nSPS) is 16.8. The van der Waals surface area contributed by atoms with Gasteiger partial charge in [-0.05, 0) is 52.0 Å². The molecule has 0 radical (unpaired) electrons. The van der Waals surface area contributed by atoms with E-state index >= 15 is 0 Å². The molecule has 0 unspecified atom stereocenters. The van der Waals surface area contributed by atoms with Gasteiger partial charge < -0.3 is 9.80 Å². The third-order valence-electron chi connectivity index (χ3n) is 5.35. The first kappa shape index (κ1) is 18.9. The maximum Gasteiger partial charge on any atom is 0.244 e. The highest BCUT2D eigenvalue weighted by atomic mass is 16.2. The van der Waals surface area contributed by atoms with Gasteiger partial charge in [-0.3, -0.25) is 9.69 Å². The largest absolute Gasteiger partial charge is 0.343 e. The fourth-order valence-corrected chi connectivity index (χ4v) is 3.68. The summed E-state index contributed by atoms with van der Waals surface area (Å²) in [6, 6.07) is 8.67. The van der Waals surface area contributed by atoms with Gasteiger partial charge in [-0.2, -0.15) is 0 Å². The predicted octanol–water partition coefficient (Wildman–Crippen LogP) is 2.93. The highest BCUT2D eigenvalue weighted by molar-refractivity contribution is 5.83. The van der Waals surface area contributed by atoms with E-state index < -0.39 is 0 Å². The molecule has 2 rings (SSSR count). The summed E-state index contributed by atoms with van der Waals surface area (Å²) in [7, 11) is 8.08. The highest BCUT2D eigenvalue weighted by Crippen LogP contribution is 2.24. The molecular formula is C20H33N3O. The fourth-order valence-electron chi connectivity index (χ4n) is 3.68. The Morgan fingerprint density at radius 1 is 1.08 bits per heavy atom. The van der Waals surface area contributed by atoms with Crippen LogP contribution in [0.4, 0.5) is 0 Å². The molecule has 0 spiro atoms. The molecule has 0 saturated heterocycles. The Kier molecular flexibility index (Phi) is 6.81. The summed E-state index contributed by atoms with van der Waals surface area (Å²) in [5.74, 6) is 0.175. The number of benzene rings is 1. The monoisotopic (exact) mass is 331 g/mol. The van der Waals surface area contributed by atoms with E-state index in [2.05, 4.69) is 31.0 Å². The van der Waals surface area contributed by atoms with Gasteiger partial charge in [0, 0.05) is 26.2 Å². The minimum atomic E-state index is -0.215. The molecule has 0 N–H and O–H groups in total. The Labute approximate surface area is 147 Å². The lowest BCUT2D eigenvalue weighted by Gasteiger charge is -2.31. The predicted molar refractivity (Wildman–Crippen MR) is 100 cm³/mol.